The number of hydrogen-bond acceptors (Lipinski definition) is 3. The quantitative estimate of drug-likeness (QED) is 0.595. The van der Waals surface area contributed by atoms with E-state index >= 15 is 0 Å². The van der Waals surface area contributed by atoms with Gasteiger partial charge in [-0.1, -0.05) is 42.3 Å². The van der Waals surface area contributed by atoms with Crippen LogP contribution in [0.3, 0.4) is 0 Å². The number of amides is 1. The number of carbonyl (C=O) groups is 1. The molecule has 1 N–H and O–H groups in total. The van der Waals surface area contributed by atoms with Crippen molar-refractivity contribution < 1.29 is 14.3 Å². The molecule has 0 atom stereocenters. The topological polar surface area (TPSA) is 47.6 Å². The Labute approximate surface area is 154 Å². The summed E-state index contributed by atoms with van der Waals surface area (Å²) in [5.74, 6) is 3.18. The third-order valence-corrected chi connectivity index (χ3v) is 3.23. The van der Waals surface area contributed by atoms with Gasteiger partial charge in [-0.25, -0.2) is 4.79 Å². The van der Waals surface area contributed by atoms with E-state index < -0.39 is 11.7 Å². The molecule has 0 radical (unpaired) electrons. The Morgan fingerprint density at radius 3 is 2.08 bits per heavy atom. The van der Waals surface area contributed by atoms with Crippen LogP contribution in [-0.4, -0.2) is 18.3 Å². The molecule has 0 saturated heterocycles. The van der Waals surface area contributed by atoms with Crippen LogP contribution in [0.5, 0.6) is 5.75 Å². The number of terminal acetylenes is 1. The van der Waals surface area contributed by atoms with Crippen LogP contribution < -0.4 is 10.1 Å². The van der Waals surface area contributed by atoms with E-state index in [4.69, 9.17) is 15.9 Å². The van der Waals surface area contributed by atoms with Crippen molar-refractivity contribution >= 4 is 23.9 Å². The second-order valence-electron chi connectivity index (χ2n) is 6.64. The maximum absolute atomic E-state index is 11.7. The molecule has 0 saturated carbocycles. The van der Waals surface area contributed by atoms with Gasteiger partial charge in [0.2, 0.25) is 0 Å². The normalized spacial score (nSPS) is 11.0. The summed E-state index contributed by atoms with van der Waals surface area (Å²) in [5, 5.41) is 2.71. The number of carbonyl (C=O) groups excluding carboxylic acids is 1. The number of hydrogen-bond donors (Lipinski definition) is 1. The largest absolute Gasteiger partial charge is 0.481 e. The highest BCUT2D eigenvalue weighted by molar-refractivity contribution is 5.85. The Kier molecular flexibility index (Phi) is 6.46. The number of ether oxygens (including phenoxy) is 2. The van der Waals surface area contributed by atoms with Gasteiger partial charge in [-0.15, -0.1) is 6.42 Å². The van der Waals surface area contributed by atoms with Crippen molar-refractivity contribution in [1.29, 1.82) is 0 Å². The van der Waals surface area contributed by atoms with Gasteiger partial charge in [-0.3, -0.25) is 5.32 Å². The van der Waals surface area contributed by atoms with E-state index in [0.717, 1.165) is 16.9 Å². The highest BCUT2D eigenvalue weighted by Gasteiger charge is 2.15. The molecule has 134 valence electrons. The van der Waals surface area contributed by atoms with Crippen LogP contribution in [-0.2, 0) is 4.74 Å². The molecule has 0 fully saturated rings. The number of anilines is 1. The molecule has 0 aliphatic rings. The van der Waals surface area contributed by atoms with Crippen molar-refractivity contribution in [1.82, 2.24) is 0 Å². The smallest absolute Gasteiger partial charge is 0.412 e. The second-order valence-corrected chi connectivity index (χ2v) is 6.64. The SMILES string of the molecule is C#CCOc1ccc(/C=C/c2ccc(NC(=O)OC(C)(C)C)cc2)cc1. The van der Waals surface area contributed by atoms with E-state index in [0.29, 0.717) is 5.69 Å². The first-order valence-corrected chi connectivity index (χ1v) is 8.30. The van der Waals surface area contributed by atoms with Gasteiger partial charge in [0.25, 0.3) is 0 Å². The molecule has 0 aliphatic heterocycles. The minimum atomic E-state index is -0.520. The van der Waals surface area contributed by atoms with Gasteiger partial charge in [0.15, 0.2) is 0 Å². The highest BCUT2D eigenvalue weighted by Crippen LogP contribution is 2.16. The molecule has 2 rings (SSSR count). The summed E-state index contributed by atoms with van der Waals surface area (Å²) in [6.45, 7) is 5.75. The van der Waals surface area contributed by atoms with Gasteiger partial charge in [0, 0.05) is 5.69 Å². The Hall–Kier alpha value is -3.19. The van der Waals surface area contributed by atoms with Crippen molar-refractivity contribution in [3.05, 3.63) is 59.7 Å². The summed E-state index contributed by atoms with van der Waals surface area (Å²) >= 11 is 0. The van der Waals surface area contributed by atoms with Gasteiger partial charge >= 0.3 is 6.09 Å². The second kappa shape index (κ2) is 8.77. The molecule has 1 amide bonds. The molecule has 4 nitrogen and oxygen atoms in total. The van der Waals surface area contributed by atoms with Gasteiger partial charge in [-0.2, -0.15) is 0 Å². The summed E-state index contributed by atoms with van der Waals surface area (Å²) in [4.78, 5) is 11.7. The van der Waals surface area contributed by atoms with Crippen molar-refractivity contribution in [3.63, 3.8) is 0 Å². The Morgan fingerprint density at radius 2 is 1.58 bits per heavy atom. The van der Waals surface area contributed by atoms with Gasteiger partial charge in [-0.05, 0) is 56.2 Å². The lowest BCUT2D eigenvalue weighted by Gasteiger charge is -2.19. The van der Waals surface area contributed by atoms with E-state index in [-0.39, 0.29) is 6.61 Å². The molecule has 0 spiro atoms. The fourth-order valence-corrected chi connectivity index (χ4v) is 2.09. The maximum Gasteiger partial charge on any atom is 0.412 e. The van der Waals surface area contributed by atoms with E-state index in [1.807, 2.05) is 81.5 Å². The molecule has 2 aromatic rings. The minimum Gasteiger partial charge on any atom is -0.481 e. The van der Waals surface area contributed by atoms with Crippen LogP contribution in [0.25, 0.3) is 12.2 Å². The van der Waals surface area contributed by atoms with Crippen molar-refractivity contribution in [2.45, 2.75) is 26.4 Å². The van der Waals surface area contributed by atoms with Gasteiger partial charge < -0.3 is 9.47 Å². The van der Waals surface area contributed by atoms with Crippen LogP contribution in [0, 0.1) is 12.3 Å². The first-order valence-electron chi connectivity index (χ1n) is 8.30. The van der Waals surface area contributed by atoms with Crippen LogP contribution in [0.2, 0.25) is 0 Å². The van der Waals surface area contributed by atoms with E-state index in [1.165, 1.54) is 0 Å². The minimum absolute atomic E-state index is 0.263. The zero-order valence-corrected chi connectivity index (χ0v) is 15.3. The maximum atomic E-state index is 11.7. The number of rotatable bonds is 5. The predicted octanol–water partition coefficient (Wildman–Crippen LogP) is 5.22. The summed E-state index contributed by atoms with van der Waals surface area (Å²) < 4.78 is 10.6. The fourth-order valence-electron chi connectivity index (χ4n) is 2.09. The van der Waals surface area contributed by atoms with Gasteiger partial charge in [0.1, 0.15) is 18.0 Å². The monoisotopic (exact) mass is 349 g/mol. The zero-order valence-electron chi connectivity index (χ0n) is 15.3. The van der Waals surface area contributed by atoms with Crippen LogP contribution in [0.15, 0.2) is 48.5 Å². The summed E-state index contributed by atoms with van der Waals surface area (Å²) in [7, 11) is 0. The Morgan fingerprint density at radius 1 is 1.04 bits per heavy atom. The van der Waals surface area contributed by atoms with Crippen molar-refractivity contribution in [3.8, 4) is 18.1 Å². The van der Waals surface area contributed by atoms with Crippen molar-refractivity contribution in [2.75, 3.05) is 11.9 Å². The van der Waals surface area contributed by atoms with Gasteiger partial charge in [0.05, 0.1) is 0 Å². The molecule has 0 heterocycles. The molecule has 0 bridgehead atoms. The van der Waals surface area contributed by atoms with Crippen LogP contribution in [0.4, 0.5) is 10.5 Å². The summed E-state index contributed by atoms with van der Waals surface area (Å²) in [6.07, 6.45) is 8.70. The van der Waals surface area contributed by atoms with E-state index in [2.05, 4.69) is 11.2 Å². The molecular weight excluding hydrogens is 326 g/mol. The first-order chi connectivity index (χ1) is 12.4. The molecule has 26 heavy (non-hydrogen) atoms. The Bertz CT molecular complexity index is 791. The third kappa shape index (κ3) is 6.74. The Balaban J connectivity index is 1.93. The third-order valence-electron chi connectivity index (χ3n) is 3.23. The number of nitrogens with one attached hydrogen (secondary N) is 1. The summed E-state index contributed by atoms with van der Waals surface area (Å²) in [6, 6.07) is 15.2. The molecule has 0 aliphatic carbocycles. The molecular formula is C22H23NO3. The average Bonchev–Trinajstić information content (AvgIpc) is 2.58. The molecule has 0 unspecified atom stereocenters. The fraction of sp³-hybridized carbons (Fsp3) is 0.227. The number of benzene rings is 2. The van der Waals surface area contributed by atoms with Crippen LogP contribution in [0.1, 0.15) is 31.9 Å². The highest BCUT2D eigenvalue weighted by atomic mass is 16.6. The molecule has 2 aromatic carbocycles. The average molecular weight is 349 g/mol. The zero-order chi connectivity index (χ0) is 19.0. The lowest BCUT2D eigenvalue weighted by Crippen LogP contribution is -2.27. The van der Waals surface area contributed by atoms with E-state index in [9.17, 15) is 4.79 Å². The standard InChI is InChI=1S/C22H23NO3/c1-5-16-25-20-14-10-18(11-15-20)7-6-17-8-12-19(13-9-17)23-21(24)26-22(2,3)4/h1,6-15H,16H2,2-4H3,(H,23,24)/b7-6+. The molecule has 0 aromatic heterocycles. The van der Waals surface area contributed by atoms with E-state index in [1.54, 1.807) is 0 Å². The molecule has 4 heteroatoms. The summed E-state index contributed by atoms with van der Waals surface area (Å²) in [5.41, 5.74) is 2.24. The lowest BCUT2D eigenvalue weighted by atomic mass is 10.1. The van der Waals surface area contributed by atoms with Crippen LogP contribution >= 0.6 is 0 Å². The van der Waals surface area contributed by atoms with Crippen molar-refractivity contribution in [2.24, 2.45) is 0 Å². The lowest BCUT2D eigenvalue weighted by molar-refractivity contribution is 0.0636. The first kappa shape index (κ1) is 19.1. The predicted molar refractivity (Wildman–Crippen MR) is 106 cm³/mol.